The van der Waals surface area contributed by atoms with Gasteiger partial charge in [0.25, 0.3) is 11.8 Å². The second-order valence-electron chi connectivity index (χ2n) is 11.9. The van der Waals surface area contributed by atoms with Crippen LogP contribution in [0, 0.1) is 0 Å². The molecule has 52 heavy (non-hydrogen) atoms. The van der Waals surface area contributed by atoms with Crippen molar-refractivity contribution in [3.8, 4) is 0 Å². The van der Waals surface area contributed by atoms with Gasteiger partial charge in [-0.25, -0.2) is 9.78 Å². The molecular formula is C40H33N5O5S2. The summed E-state index contributed by atoms with van der Waals surface area (Å²) in [4.78, 5) is 50.6. The number of aliphatic carboxylic acids is 1. The van der Waals surface area contributed by atoms with Crippen molar-refractivity contribution in [2.45, 2.75) is 17.0 Å². The number of carbonyl (C=O) groups excluding carboxylic acids is 2. The van der Waals surface area contributed by atoms with Gasteiger partial charge in [0.1, 0.15) is 35.5 Å². The molecular weight excluding hydrogens is 695 g/mol. The monoisotopic (exact) mass is 727 g/mol. The topological polar surface area (TPSA) is 133 Å². The first-order valence-corrected chi connectivity index (χ1v) is 18.3. The number of thioether (sulfide) groups is 1. The summed E-state index contributed by atoms with van der Waals surface area (Å²) in [5, 5.41) is 22.2. The lowest BCUT2D eigenvalue weighted by molar-refractivity contribution is -0.150. The Hall–Kier alpha value is -5.98. The Bertz CT molecular complexity index is 2080. The van der Waals surface area contributed by atoms with E-state index in [1.807, 2.05) is 91.0 Å². The van der Waals surface area contributed by atoms with Crippen LogP contribution in [0.4, 0.5) is 5.13 Å². The Morgan fingerprint density at radius 2 is 1.44 bits per heavy atom. The van der Waals surface area contributed by atoms with Crippen molar-refractivity contribution in [1.29, 1.82) is 0 Å². The van der Waals surface area contributed by atoms with Crippen molar-refractivity contribution in [3.63, 3.8) is 0 Å². The number of anilines is 1. The largest absolute Gasteiger partial charge is 0.477 e. The third-order valence-corrected chi connectivity index (χ3v) is 10.9. The van der Waals surface area contributed by atoms with Gasteiger partial charge in [-0.2, -0.15) is 0 Å². The quantitative estimate of drug-likeness (QED) is 0.0587. The number of amides is 2. The number of rotatable bonds is 12. The van der Waals surface area contributed by atoms with E-state index < -0.39 is 34.7 Å². The fourth-order valence-corrected chi connectivity index (χ4v) is 8.49. The number of aromatic nitrogens is 1. The van der Waals surface area contributed by atoms with Crippen LogP contribution in [0.2, 0.25) is 0 Å². The van der Waals surface area contributed by atoms with Gasteiger partial charge in [0.2, 0.25) is 0 Å². The second-order valence-corrected chi connectivity index (χ2v) is 13.9. The summed E-state index contributed by atoms with van der Waals surface area (Å²) in [7, 11) is 1.33. The molecule has 7 rings (SSSR count). The zero-order valence-electron chi connectivity index (χ0n) is 27.9. The number of allylic oxidation sites excluding steroid dienone is 1. The average Bonchev–Trinajstić information content (AvgIpc) is 3.66. The van der Waals surface area contributed by atoms with Gasteiger partial charge in [0.15, 0.2) is 10.8 Å². The SMILES string of the molecule is CO/N=C(\C(=O)NC1C(=O)N2C(C(=O)O)=C(/C=C/c3ccccc3)CSC12)c1csc(NC(c2ccccc2)(c2ccccc2)c2ccccc2)n1. The van der Waals surface area contributed by atoms with Crippen molar-refractivity contribution < 1.29 is 24.3 Å². The lowest BCUT2D eigenvalue weighted by Crippen LogP contribution is -2.71. The molecule has 0 aliphatic carbocycles. The number of β-lactam (4-membered cyclic amide) rings is 1. The van der Waals surface area contributed by atoms with E-state index in [4.69, 9.17) is 9.82 Å². The highest BCUT2D eigenvalue weighted by atomic mass is 32.2. The molecule has 1 fully saturated rings. The number of carboxylic acid groups (broad SMARTS) is 1. The molecule has 2 aliphatic heterocycles. The van der Waals surface area contributed by atoms with E-state index in [1.54, 1.807) is 11.5 Å². The van der Waals surface area contributed by atoms with E-state index in [2.05, 4.69) is 52.2 Å². The van der Waals surface area contributed by atoms with Gasteiger partial charge >= 0.3 is 5.97 Å². The molecule has 2 atom stereocenters. The van der Waals surface area contributed by atoms with Crippen LogP contribution >= 0.6 is 23.1 Å². The standard InChI is InChI=1S/C40H33N5O5S2/c1-50-44-32(35(46)42-33-36(47)45-34(38(48)49)27(24-51-37(33)45)23-22-26-14-6-2-7-15-26)31-25-52-39(41-31)43-40(28-16-8-3-9-17-28,29-18-10-4-11-19-29)30-20-12-5-13-21-30/h2-23,25,33,37H,24H2,1H3,(H,41,43)(H,42,46)(H,48,49)/b23-22+,44-32-. The summed E-state index contributed by atoms with van der Waals surface area (Å²) in [6.45, 7) is 0. The van der Waals surface area contributed by atoms with Crippen molar-refractivity contribution in [2.75, 3.05) is 18.2 Å². The summed E-state index contributed by atoms with van der Waals surface area (Å²) >= 11 is 2.68. The highest BCUT2D eigenvalue weighted by molar-refractivity contribution is 8.00. The average molecular weight is 728 g/mol. The number of carboxylic acids is 1. The number of thiazole rings is 1. The first-order chi connectivity index (χ1) is 25.4. The highest BCUT2D eigenvalue weighted by Crippen LogP contribution is 2.42. The fraction of sp³-hybridized carbons (Fsp3) is 0.125. The van der Waals surface area contributed by atoms with Crippen LogP contribution in [0.1, 0.15) is 27.9 Å². The van der Waals surface area contributed by atoms with Crippen molar-refractivity contribution in [1.82, 2.24) is 15.2 Å². The maximum atomic E-state index is 13.8. The number of nitrogens with one attached hydrogen (secondary N) is 2. The molecule has 12 heteroatoms. The number of oxime groups is 1. The fourth-order valence-electron chi connectivity index (χ4n) is 6.42. The number of carbonyl (C=O) groups is 3. The van der Waals surface area contributed by atoms with Crippen molar-refractivity contribution in [2.24, 2.45) is 5.16 Å². The third kappa shape index (κ3) is 6.61. The maximum Gasteiger partial charge on any atom is 0.352 e. The Morgan fingerprint density at radius 3 is 1.98 bits per heavy atom. The molecule has 260 valence electrons. The summed E-state index contributed by atoms with van der Waals surface area (Å²) in [6, 6.07) is 38.7. The molecule has 2 aliphatic rings. The number of fused-ring (bicyclic) bond motifs is 1. The van der Waals surface area contributed by atoms with Gasteiger partial charge < -0.3 is 20.6 Å². The minimum absolute atomic E-state index is 0.0915. The van der Waals surface area contributed by atoms with E-state index in [9.17, 15) is 19.5 Å². The van der Waals surface area contributed by atoms with Crippen LogP contribution in [0.15, 0.2) is 149 Å². The summed E-state index contributed by atoms with van der Waals surface area (Å²) < 4.78 is 0. The van der Waals surface area contributed by atoms with E-state index in [1.165, 1.54) is 35.1 Å². The number of hydrogen-bond acceptors (Lipinski definition) is 9. The molecule has 1 aromatic heterocycles. The highest BCUT2D eigenvalue weighted by Gasteiger charge is 2.54. The van der Waals surface area contributed by atoms with E-state index in [0.717, 1.165) is 22.3 Å². The molecule has 0 saturated carbocycles. The molecule has 4 aromatic carbocycles. The summed E-state index contributed by atoms with van der Waals surface area (Å²) in [5.41, 5.74) is 3.56. The predicted octanol–water partition coefficient (Wildman–Crippen LogP) is 6.35. The molecule has 10 nitrogen and oxygen atoms in total. The van der Waals surface area contributed by atoms with Gasteiger partial charge in [0, 0.05) is 11.1 Å². The Kier molecular flexibility index (Phi) is 10.0. The molecule has 0 bridgehead atoms. The van der Waals surface area contributed by atoms with E-state index in [-0.39, 0.29) is 17.1 Å². The molecule has 0 radical (unpaired) electrons. The van der Waals surface area contributed by atoms with Crippen molar-refractivity contribution in [3.05, 3.63) is 172 Å². The van der Waals surface area contributed by atoms with Gasteiger partial charge in [-0.05, 0) is 27.8 Å². The molecule has 0 spiro atoms. The lowest BCUT2D eigenvalue weighted by Gasteiger charge is -2.49. The smallest absolute Gasteiger partial charge is 0.352 e. The van der Waals surface area contributed by atoms with Crippen LogP contribution in [0.25, 0.3) is 6.08 Å². The number of nitrogens with zero attached hydrogens (tertiary/aromatic N) is 3. The Labute approximate surface area is 308 Å². The van der Waals surface area contributed by atoms with Crippen LogP contribution < -0.4 is 10.6 Å². The molecule has 3 N–H and O–H groups in total. The minimum Gasteiger partial charge on any atom is -0.477 e. The third-order valence-electron chi connectivity index (χ3n) is 8.82. The van der Waals surface area contributed by atoms with Crippen molar-refractivity contribution >= 4 is 57.8 Å². The van der Waals surface area contributed by atoms with Gasteiger partial charge in [0.05, 0.1) is 0 Å². The predicted molar refractivity (Wildman–Crippen MR) is 204 cm³/mol. The zero-order chi connectivity index (χ0) is 36.1. The first-order valence-electron chi connectivity index (χ1n) is 16.4. The van der Waals surface area contributed by atoms with E-state index >= 15 is 0 Å². The Morgan fingerprint density at radius 1 is 0.885 bits per heavy atom. The summed E-state index contributed by atoms with van der Waals surface area (Å²) in [5.74, 6) is -2.06. The number of hydrogen-bond donors (Lipinski definition) is 3. The van der Waals surface area contributed by atoms with Gasteiger partial charge in [-0.1, -0.05) is 139 Å². The molecule has 2 amide bonds. The summed E-state index contributed by atoms with van der Waals surface area (Å²) in [6.07, 6.45) is 3.54. The second kappa shape index (κ2) is 15.1. The van der Waals surface area contributed by atoms with Gasteiger partial charge in [-0.3, -0.25) is 14.5 Å². The zero-order valence-corrected chi connectivity index (χ0v) is 29.5. The molecule has 2 unspecified atom stereocenters. The normalized spacial score (nSPS) is 17.4. The van der Waals surface area contributed by atoms with Gasteiger partial charge in [-0.15, -0.1) is 23.1 Å². The van der Waals surface area contributed by atoms with Crippen LogP contribution in [0.3, 0.4) is 0 Å². The van der Waals surface area contributed by atoms with Crippen LogP contribution in [-0.2, 0) is 24.8 Å². The molecule has 5 aromatic rings. The minimum atomic E-state index is -1.21. The first kappa shape index (κ1) is 34.5. The maximum absolute atomic E-state index is 13.8. The Balaban J connectivity index is 1.14. The molecule has 3 heterocycles. The molecule has 1 saturated heterocycles. The van der Waals surface area contributed by atoms with Crippen LogP contribution in [0.5, 0.6) is 0 Å². The van der Waals surface area contributed by atoms with E-state index in [0.29, 0.717) is 16.5 Å². The van der Waals surface area contributed by atoms with Crippen LogP contribution in [-0.4, -0.2) is 62.8 Å². The lowest BCUT2D eigenvalue weighted by atomic mass is 9.77. The number of benzene rings is 4.